The van der Waals surface area contributed by atoms with Crippen molar-refractivity contribution >= 4 is 16.9 Å². The van der Waals surface area contributed by atoms with Gasteiger partial charge in [0, 0.05) is 24.8 Å². The van der Waals surface area contributed by atoms with Crippen molar-refractivity contribution in [2.24, 2.45) is 0 Å². The molecule has 1 aliphatic heterocycles. The number of fused-ring (bicyclic) bond motifs is 1. The molecular formula is C18H20N4O3. The highest BCUT2D eigenvalue weighted by Gasteiger charge is 2.18. The quantitative estimate of drug-likeness (QED) is 0.787. The minimum atomic E-state index is 0.673. The maximum atomic E-state index is 5.43. The average Bonchev–Trinajstić information content (AvgIpc) is 3.12. The number of ether oxygens (including phenoxy) is 3. The van der Waals surface area contributed by atoms with E-state index in [-0.39, 0.29) is 0 Å². The first-order valence-corrected chi connectivity index (χ1v) is 8.20. The number of anilines is 1. The summed E-state index contributed by atoms with van der Waals surface area (Å²) in [5.74, 6) is 3.03. The van der Waals surface area contributed by atoms with Gasteiger partial charge in [-0.15, -0.1) is 0 Å². The van der Waals surface area contributed by atoms with E-state index >= 15 is 0 Å². The lowest BCUT2D eigenvalue weighted by molar-refractivity contribution is 0.122. The summed E-state index contributed by atoms with van der Waals surface area (Å²) in [6.07, 6.45) is 1.81. The smallest absolute Gasteiger partial charge is 0.161 e. The molecule has 2 aromatic heterocycles. The van der Waals surface area contributed by atoms with E-state index in [1.54, 1.807) is 14.2 Å². The minimum Gasteiger partial charge on any atom is -0.493 e. The number of nitrogens with one attached hydrogen (secondary N) is 1. The summed E-state index contributed by atoms with van der Waals surface area (Å²) in [5.41, 5.74) is 2.76. The Hall–Kier alpha value is -2.80. The third-order valence-corrected chi connectivity index (χ3v) is 4.35. The molecule has 1 fully saturated rings. The van der Waals surface area contributed by atoms with E-state index in [1.165, 1.54) is 0 Å². The van der Waals surface area contributed by atoms with E-state index in [1.807, 2.05) is 30.5 Å². The molecule has 0 aliphatic carbocycles. The van der Waals surface area contributed by atoms with Gasteiger partial charge in [-0.2, -0.15) is 0 Å². The van der Waals surface area contributed by atoms with Crippen LogP contribution in [0.2, 0.25) is 0 Å². The van der Waals surface area contributed by atoms with Crippen LogP contribution < -0.4 is 14.4 Å². The van der Waals surface area contributed by atoms with Crippen LogP contribution in [0.3, 0.4) is 0 Å². The number of morpholine rings is 1. The number of rotatable bonds is 4. The predicted molar refractivity (Wildman–Crippen MR) is 95.5 cm³/mol. The molecule has 0 radical (unpaired) electrons. The van der Waals surface area contributed by atoms with Gasteiger partial charge >= 0.3 is 0 Å². The molecule has 1 aromatic carbocycles. The monoisotopic (exact) mass is 340 g/mol. The molecule has 1 aliphatic rings. The fourth-order valence-electron chi connectivity index (χ4n) is 3.05. The largest absolute Gasteiger partial charge is 0.493 e. The van der Waals surface area contributed by atoms with Crippen molar-refractivity contribution in [3.63, 3.8) is 0 Å². The highest BCUT2D eigenvalue weighted by Crippen LogP contribution is 2.33. The molecule has 0 unspecified atom stereocenters. The van der Waals surface area contributed by atoms with Gasteiger partial charge in [0.1, 0.15) is 11.3 Å². The number of hydrogen-bond acceptors (Lipinski definition) is 6. The van der Waals surface area contributed by atoms with Crippen LogP contribution >= 0.6 is 0 Å². The average molecular weight is 340 g/mol. The number of methoxy groups -OCH3 is 2. The number of imidazole rings is 1. The van der Waals surface area contributed by atoms with E-state index in [0.29, 0.717) is 24.7 Å². The van der Waals surface area contributed by atoms with Crippen LogP contribution in [0.25, 0.3) is 22.4 Å². The van der Waals surface area contributed by atoms with Crippen LogP contribution in [0.15, 0.2) is 30.5 Å². The Balaban J connectivity index is 1.76. The van der Waals surface area contributed by atoms with E-state index in [2.05, 4.69) is 14.9 Å². The van der Waals surface area contributed by atoms with E-state index in [0.717, 1.165) is 41.3 Å². The van der Waals surface area contributed by atoms with Gasteiger partial charge in [-0.3, -0.25) is 0 Å². The van der Waals surface area contributed by atoms with Crippen molar-refractivity contribution in [3.05, 3.63) is 30.5 Å². The van der Waals surface area contributed by atoms with Crippen molar-refractivity contribution in [2.75, 3.05) is 45.4 Å². The number of pyridine rings is 1. The van der Waals surface area contributed by atoms with Gasteiger partial charge in [0.05, 0.1) is 33.0 Å². The Morgan fingerprint density at radius 2 is 1.88 bits per heavy atom. The summed E-state index contributed by atoms with van der Waals surface area (Å²) in [4.78, 5) is 14.9. The molecule has 3 aromatic rings. The topological polar surface area (TPSA) is 72.5 Å². The number of benzene rings is 1. The summed E-state index contributed by atoms with van der Waals surface area (Å²) in [5, 5.41) is 0. The van der Waals surface area contributed by atoms with Crippen molar-refractivity contribution in [2.45, 2.75) is 0 Å². The third-order valence-electron chi connectivity index (χ3n) is 4.35. The minimum absolute atomic E-state index is 0.673. The molecule has 7 heteroatoms. The maximum Gasteiger partial charge on any atom is 0.161 e. The molecule has 1 saturated heterocycles. The zero-order valence-corrected chi connectivity index (χ0v) is 14.3. The Kier molecular flexibility index (Phi) is 4.15. The van der Waals surface area contributed by atoms with Gasteiger partial charge in [0.2, 0.25) is 0 Å². The predicted octanol–water partition coefficient (Wildman–Crippen LogP) is 2.48. The summed E-state index contributed by atoms with van der Waals surface area (Å²) in [7, 11) is 3.25. The lowest BCUT2D eigenvalue weighted by Gasteiger charge is -2.27. The van der Waals surface area contributed by atoms with Crippen molar-refractivity contribution in [1.82, 2.24) is 15.0 Å². The first kappa shape index (κ1) is 15.7. The van der Waals surface area contributed by atoms with Gasteiger partial charge in [0.25, 0.3) is 0 Å². The first-order valence-electron chi connectivity index (χ1n) is 8.20. The second kappa shape index (κ2) is 6.60. The van der Waals surface area contributed by atoms with Crippen molar-refractivity contribution in [3.8, 4) is 22.9 Å². The molecule has 25 heavy (non-hydrogen) atoms. The van der Waals surface area contributed by atoms with Crippen LogP contribution in [0.1, 0.15) is 0 Å². The van der Waals surface area contributed by atoms with Crippen LogP contribution in [-0.4, -0.2) is 55.5 Å². The molecule has 0 saturated carbocycles. The van der Waals surface area contributed by atoms with Crippen LogP contribution in [0, 0.1) is 0 Å². The first-order chi connectivity index (χ1) is 12.3. The van der Waals surface area contributed by atoms with E-state index in [9.17, 15) is 0 Å². The number of aromatic nitrogens is 3. The lowest BCUT2D eigenvalue weighted by Crippen LogP contribution is -2.36. The molecule has 0 bridgehead atoms. The second-order valence-electron chi connectivity index (χ2n) is 5.79. The van der Waals surface area contributed by atoms with Gasteiger partial charge in [-0.05, 0) is 24.3 Å². The molecule has 3 heterocycles. The summed E-state index contributed by atoms with van der Waals surface area (Å²) < 4.78 is 16.1. The fraction of sp³-hybridized carbons (Fsp3) is 0.333. The fourth-order valence-corrected chi connectivity index (χ4v) is 3.05. The van der Waals surface area contributed by atoms with Crippen molar-refractivity contribution < 1.29 is 14.2 Å². The van der Waals surface area contributed by atoms with E-state index in [4.69, 9.17) is 19.2 Å². The molecule has 7 nitrogen and oxygen atoms in total. The Morgan fingerprint density at radius 1 is 1.08 bits per heavy atom. The zero-order chi connectivity index (χ0) is 17.2. The lowest BCUT2D eigenvalue weighted by atomic mass is 10.2. The van der Waals surface area contributed by atoms with Gasteiger partial charge in [-0.1, -0.05) is 0 Å². The summed E-state index contributed by atoms with van der Waals surface area (Å²) in [6.45, 7) is 3.07. The van der Waals surface area contributed by atoms with E-state index < -0.39 is 0 Å². The SMILES string of the molecule is COc1ccc(-c2nc3c(N4CCOCC4)nccc3[nH]2)cc1OC. The molecule has 0 atom stereocenters. The number of H-pyrrole nitrogens is 1. The molecule has 130 valence electrons. The third kappa shape index (κ3) is 2.87. The Bertz CT molecular complexity index is 887. The van der Waals surface area contributed by atoms with Gasteiger partial charge < -0.3 is 24.1 Å². The van der Waals surface area contributed by atoms with Crippen LogP contribution in [0.5, 0.6) is 11.5 Å². The molecule has 1 N–H and O–H groups in total. The maximum absolute atomic E-state index is 5.43. The standard InChI is InChI=1S/C18H20N4O3/c1-23-14-4-3-12(11-15(14)24-2)17-20-13-5-6-19-18(16(13)21-17)22-7-9-25-10-8-22/h3-6,11H,7-10H2,1-2H3,(H,20,21). The highest BCUT2D eigenvalue weighted by atomic mass is 16.5. The number of aromatic amines is 1. The molecular weight excluding hydrogens is 320 g/mol. The summed E-state index contributed by atoms with van der Waals surface area (Å²) in [6, 6.07) is 7.69. The zero-order valence-electron chi connectivity index (χ0n) is 14.3. The molecule has 4 rings (SSSR count). The van der Waals surface area contributed by atoms with Crippen LogP contribution in [-0.2, 0) is 4.74 Å². The van der Waals surface area contributed by atoms with Crippen LogP contribution in [0.4, 0.5) is 5.82 Å². The molecule has 0 spiro atoms. The molecule has 0 amide bonds. The van der Waals surface area contributed by atoms with Gasteiger partial charge in [-0.25, -0.2) is 9.97 Å². The Labute approximate surface area is 145 Å². The highest BCUT2D eigenvalue weighted by molar-refractivity contribution is 5.88. The number of hydrogen-bond donors (Lipinski definition) is 1. The van der Waals surface area contributed by atoms with Gasteiger partial charge in [0.15, 0.2) is 17.3 Å². The second-order valence-corrected chi connectivity index (χ2v) is 5.79. The number of nitrogens with zero attached hydrogens (tertiary/aromatic N) is 3. The summed E-state index contributed by atoms with van der Waals surface area (Å²) >= 11 is 0. The Morgan fingerprint density at radius 3 is 2.64 bits per heavy atom. The normalized spacial score (nSPS) is 14.7. The van der Waals surface area contributed by atoms with Crippen molar-refractivity contribution in [1.29, 1.82) is 0 Å².